The van der Waals surface area contributed by atoms with E-state index in [-0.39, 0.29) is 18.1 Å². The number of hydrogen-bond donors (Lipinski definition) is 0. The molecule has 0 N–H and O–H groups in total. The standard InChI is InChI=1S/C17H21FN6O6/c1-9(25)28-6-12-15(29-10(2)26)13(18)17(30-12)24-8-20-14(11(27)5-22-19)16(24)21-7-23(3)4/h5,7-8,12-13,15,17H,6H2,1-4H3/t12-,13+,15-,17-/m1/s1. The predicted octanol–water partition coefficient (Wildman–Crippen LogP) is 0.318. The Kier molecular flexibility index (Phi) is 7.50. The van der Waals surface area contributed by atoms with E-state index in [0.717, 1.165) is 17.8 Å². The molecule has 0 aliphatic carbocycles. The highest BCUT2D eigenvalue weighted by Gasteiger charge is 2.49. The lowest BCUT2D eigenvalue weighted by molar-refractivity contribution is -0.156. The lowest BCUT2D eigenvalue weighted by Gasteiger charge is -2.18. The number of ketones is 1. The first-order chi connectivity index (χ1) is 14.1. The molecular formula is C17H21FN6O6. The molecule has 0 spiro atoms. The van der Waals surface area contributed by atoms with Crippen LogP contribution in [0, 0.1) is 0 Å². The fourth-order valence-electron chi connectivity index (χ4n) is 2.71. The van der Waals surface area contributed by atoms with Gasteiger partial charge in [0.05, 0.1) is 12.7 Å². The van der Waals surface area contributed by atoms with Gasteiger partial charge in [0.1, 0.15) is 12.7 Å². The van der Waals surface area contributed by atoms with Gasteiger partial charge in [-0.3, -0.25) is 19.0 Å². The number of hydrogen-bond acceptors (Lipinski definition) is 8. The number of rotatable bonds is 8. The van der Waals surface area contributed by atoms with E-state index >= 15 is 4.39 Å². The van der Waals surface area contributed by atoms with Gasteiger partial charge in [-0.25, -0.2) is 14.4 Å². The molecule has 1 aliphatic heterocycles. The van der Waals surface area contributed by atoms with Crippen LogP contribution in [0.3, 0.4) is 0 Å². The van der Waals surface area contributed by atoms with Gasteiger partial charge in [-0.15, -0.1) is 0 Å². The topological polar surface area (TPSA) is 149 Å². The van der Waals surface area contributed by atoms with Gasteiger partial charge in [-0.2, -0.15) is 4.79 Å². The molecule has 0 amide bonds. The third kappa shape index (κ3) is 5.33. The van der Waals surface area contributed by atoms with Crippen LogP contribution >= 0.6 is 0 Å². The van der Waals surface area contributed by atoms with Crippen LogP contribution in [0.1, 0.15) is 30.6 Å². The number of imidazole rings is 1. The lowest BCUT2D eigenvalue weighted by Crippen LogP contribution is -2.36. The second kappa shape index (κ2) is 9.85. The van der Waals surface area contributed by atoms with Crippen LogP contribution in [-0.2, 0) is 23.8 Å². The zero-order valence-corrected chi connectivity index (χ0v) is 16.8. The number of aromatic nitrogens is 2. The number of Topliss-reactive ketones (excluding diaryl/α,β-unsaturated/α-hetero) is 1. The van der Waals surface area contributed by atoms with Crippen molar-refractivity contribution in [1.82, 2.24) is 14.5 Å². The van der Waals surface area contributed by atoms with Crippen molar-refractivity contribution in [2.45, 2.75) is 38.5 Å². The maximum Gasteiger partial charge on any atom is 0.329 e. The molecule has 0 aromatic carbocycles. The van der Waals surface area contributed by atoms with Crippen molar-refractivity contribution in [2.75, 3.05) is 20.7 Å². The first kappa shape index (κ1) is 22.8. The average Bonchev–Trinajstić information content (AvgIpc) is 3.20. The van der Waals surface area contributed by atoms with Gasteiger partial charge in [0.2, 0.25) is 0 Å². The number of halogens is 1. The van der Waals surface area contributed by atoms with Crippen LogP contribution in [0.2, 0.25) is 0 Å². The summed E-state index contributed by atoms with van der Waals surface area (Å²) in [6.07, 6.45) is -2.63. The highest BCUT2D eigenvalue weighted by Crippen LogP contribution is 2.37. The maximum atomic E-state index is 15.2. The molecule has 13 heteroatoms. The Bertz CT molecular complexity index is 893. The Morgan fingerprint density at radius 3 is 2.67 bits per heavy atom. The first-order valence-electron chi connectivity index (χ1n) is 8.75. The Morgan fingerprint density at radius 1 is 1.40 bits per heavy atom. The summed E-state index contributed by atoms with van der Waals surface area (Å²) in [6, 6.07) is 0. The van der Waals surface area contributed by atoms with Crippen molar-refractivity contribution in [3.63, 3.8) is 0 Å². The molecule has 1 aromatic rings. The van der Waals surface area contributed by atoms with Crippen LogP contribution in [0.25, 0.3) is 5.53 Å². The molecule has 0 radical (unpaired) electrons. The van der Waals surface area contributed by atoms with Crippen molar-refractivity contribution in [3.05, 3.63) is 17.6 Å². The molecule has 0 bridgehead atoms. The van der Waals surface area contributed by atoms with Gasteiger partial charge in [0, 0.05) is 27.9 Å². The van der Waals surface area contributed by atoms with Gasteiger partial charge in [0.25, 0.3) is 5.78 Å². The van der Waals surface area contributed by atoms with E-state index in [2.05, 4.69) is 14.8 Å². The van der Waals surface area contributed by atoms with Crippen LogP contribution in [0.5, 0.6) is 0 Å². The van der Waals surface area contributed by atoms with Gasteiger partial charge in [0.15, 0.2) is 30.0 Å². The van der Waals surface area contributed by atoms with Crippen molar-refractivity contribution in [3.8, 4) is 0 Å². The summed E-state index contributed by atoms with van der Waals surface area (Å²) >= 11 is 0. The average molecular weight is 424 g/mol. The lowest BCUT2D eigenvalue weighted by atomic mass is 10.1. The number of esters is 2. The highest BCUT2D eigenvalue weighted by atomic mass is 19.1. The minimum absolute atomic E-state index is 0.0732. The monoisotopic (exact) mass is 424 g/mol. The van der Waals surface area contributed by atoms with Gasteiger partial charge in [-0.05, 0) is 0 Å². The number of ether oxygens (including phenoxy) is 3. The third-order valence-corrected chi connectivity index (χ3v) is 3.88. The van der Waals surface area contributed by atoms with Crippen LogP contribution in [0.15, 0.2) is 11.3 Å². The normalized spacial score (nSPS) is 23.1. The summed E-state index contributed by atoms with van der Waals surface area (Å²) in [5, 5.41) is 0. The number of carbonyl (C=O) groups is 3. The molecule has 1 fully saturated rings. The van der Waals surface area contributed by atoms with Gasteiger partial charge in [-0.1, -0.05) is 0 Å². The van der Waals surface area contributed by atoms with Crippen LogP contribution < -0.4 is 0 Å². The molecule has 12 nitrogen and oxygen atoms in total. The molecule has 0 unspecified atom stereocenters. The van der Waals surface area contributed by atoms with Crippen molar-refractivity contribution in [1.29, 1.82) is 0 Å². The van der Waals surface area contributed by atoms with Gasteiger partial charge >= 0.3 is 18.2 Å². The third-order valence-electron chi connectivity index (χ3n) is 3.88. The molecule has 1 aliphatic rings. The largest absolute Gasteiger partial charge is 0.463 e. The summed E-state index contributed by atoms with van der Waals surface area (Å²) in [7, 11) is 3.35. The van der Waals surface area contributed by atoms with E-state index in [1.54, 1.807) is 19.0 Å². The first-order valence-corrected chi connectivity index (χ1v) is 8.75. The Balaban J connectivity index is 2.45. The smallest absolute Gasteiger partial charge is 0.329 e. The number of carbonyl (C=O) groups excluding carboxylic acids is 3. The minimum Gasteiger partial charge on any atom is -0.463 e. The number of alkyl halides is 1. The summed E-state index contributed by atoms with van der Waals surface area (Å²) in [4.78, 5) is 46.9. The summed E-state index contributed by atoms with van der Waals surface area (Å²) in [5.74, 6) is -2.21. The molecule has 0 saturated carbocycles. The Morgan fingerprint density at radius 2 is 2.10 bits per heavy atom. The Hall–Kier alpha value is -3.44. The zero-order valence-electron chi connectivity index (χ0n) is 16.8. The number of aliphatic imine (C=N–C) groups is 1. The number of nitrogens with zero attached hydrogens (tertiary/aromatic N) is 6. The van der Waals surface area contributed by atoms with E-state index < -0.39 is 42.3 Å². The van der Waals surface area contributed by atoms with Crippen LogP contribution in [0.4, 0.5) is 10.2 Å². The van der Waals surface area contributed by atoms with Gasteiger partial charge < -0.3 is 24.6 Å². The minimum atomic E-state index is -1.88. The molecule has 2 rings (SSSR count). The molecule has 162 valence electrons. The summed E-state index contributed by atoms with van der Waals surface area (Å²) < 4.78 is 31.9. The van der Waals surface area contributed by atoms with E-state index in [0.29, 0.717) is 6.21 Å². The second-order valence-electron chi connectivity index (χ2n) is 6.53. The highest BCUT2D eigenvalue weighted by molar-refractivity contribution is 6.34. The summed E-state index contributed by atoms with van der Waals surface area (Å²) in [6.45, 7) is 1.93. The van der Waals surface area contributed by atoms with Crippen molar-refractivity contribution >= 4 is 36.1 Å². The molecule has 4 atom stereocenters. The van der Waals surface area contributed by atoms with Crippen molar-refractivity contribution < 1.29 is 37.8 Å². The fourth-order valence-corrected chi connectivity index (χ4v) is 2.71. The van der Waals surface area contributed by atoms with E-state index in [9.17, 15) is 14.4 Å². The molecular weight excluding hydrogens is 403 g/mol. The Labute approximate surface area is 170 Å². The van der Waals surface area contributed by atoms with E-state index in [4.69, 9.17) is 19.7 Å². The second-order valence-corrected chi connectivity index (χ2v) is 6.53. The summed E-state index contributed by atoms with van der Waals surface area (Å²) in [5.41, 5.74) is 8.40. The SMILES string of the molecule is CC(=O)OC[C@H]1O[C@@H](n2cnc(C(=O)C=[N+]=[N-])c2N=CN(C)C)[C@@H](F)[C@@H]1OC(C)=O. The van der Waals surface area contributed by atoms with E-state index in [1.807, 2.05) is 0 Å². The van der Waals surface area contributed by atoms with Crippen molar-refractivity contribution in [2.24, 2.45) is 4.99 Å². The fraction of sp³-hybridized carbons (Fsp3) is 0.529. The predicted molar refractivity (Wildman–Crippen MR) is 99.1 cm³/mol. The zero-order chi connectivity index (χ0) is 22.4. The molecule has 1 saturated heterocycles. The maximum absolute atomic E-state index is 15.2. The van der Waals surface area contributed by atoms with Crippen LogP contribution in [-0.4, -0.2) is 88.6 Å². The van der Waals surface area contributed by atoms with E-state index in [1.165, 1.54) is 13.3 Å². The quantitative estimate of drug-likeness (QED) is 0.145. The molecule has 30 heavy (non-hydrogen) atoms. The molecule has 2 heterocycles. The molecule has 1 aromatic heterocycles.